The van der Waals surface area contributed by atoms with Gasteiger partial charge in [0.15, 0.2) is 0 Å². The Morgan fingerprint density at radius 3 is 2.79 bits per heavy atom. The highest BCUT2D eigenvalue weighted by atomic mass is 15.1. The van der Waals surface area contributed by atoms with Crippen LogP contribution in [0.2, 0.25) is 0 Å². The van der Waals surface area contributed by atoms with Gasteiger partial charge in [-0.3, -0.25) is 4.98 Å². The fraction of sp³-hybridized carbons (Fsp3) is 0.400. The Bertz CT molecular complexity index is 525. The molecule has 0 aliphatic carbocycles. The standard InChI is InChI=1S/C15H20N4/c1-4-17-15(9-13-6-5-7-16-10-13)14-8-11(2)18-19-12(14)3/h5-8,10,15,17H,4,9H2,1-3H3. The topological polar surface area (TPSA) is 50.7 Å². The molecule has 1 unspecified atom stereocenters. The van der Waals surface area contributed by atoms with Crippen molar-refractivity contribution in [3.63, 3.8) is 0 Å². The second-order valence-electron chi connectivity index (χ2n) is 4.70. The van der Waals surface area contributed by atoms with E-state index in [1.807, 2.05) is 26.1 Å². The monoisotopic (exact) mass is 256 g/mol. The lowest BCUT2D eigenvalue weighted by molar-refractivity contribution is 0.541. The number of nitrogens with zero attached hydrogens (tertiary/aromatic N) is 3. The molecule has 100 valence electrons. The predicted octanol–water partition coefficient (Wildman–Crippen LogP) is 2.38. The number of pyridine rings is 1. The average Bonchev–Trinajstić information content (AvgIpc) is 2.42. The molecule has 1 N–H and O–H groups in total. The summed E-state index contributed by atoms with van der Waals surface area (Å²) in [6.45, 7) is 7.02. The van der Waals surface area contributed by atoms with Gasteiger partial charge in [-0.2, -0.15) is 10.2 Å². The van der Waals surface area contributed by atoms with Crippen LogP contribution in [0.5, 0.6) is 0 Å². The minimum atomic E-state index is 0.253. The number of hydrogen-bond donors (Lipinski definition) is 1. The van der Waals surface area contributed by atoms with Crippen molar-refractivity contribution >= 4 is 0 Å². The summed E-state index contributed by atoms with van der Waals surface area (Å²) in [5.74, 6) is 0. The van der Waals surface area contributed by atoms with Crippen molar-refractivity contribution < 1.29 is 0 Å². The zero-order valence-electron chi connectivity index (χ0n) is 11.7. The Balaban J connectivity index is 2.27. The van der Waals surface area contributed by atoms with Crippen LogP contribution in [0.25, 0.3) is 0 Å². The van der Waals surface area contributed by atoms with E-state index in [1.165, 1.54) is 11.1 Å². The van der Waals surface area contributed by atoms with Crippen LogP contribution in [-0.4, -0.2) is 21.7 Å². The number of likely N-dealkylation sites (N-methyl/N-ethyl adjacent to an activating group) is 1. The van der Waals surface area contributed by atoms with Gasteiger partial charge < -0.3 is 5.32 Å². The maximum Gasteiger partial charge on any atom is 0.0648 e. The maximum atomic E-state index is 4.22. The van der Waals surface area contributed by atoms with Crippen LogP contribution < -0.4 is 5.32 Å². The second kappa shape index (κ2) is 6.38. The predicted molar refractivity (Wildman–Crippen MR) is 75.9 cm³/mol. The van der Waals surface area contributed by atoms with E-state index >= 15 is 0 Å². The molecule has 1 atom stereocenters. The van der Waals surface area contributed by atoms with Gasteiger partial charge in [-0.25, -0.2) is 0 Å². The molecule has 0 aromatic carbocycles. The van der Waals surface area contributed by atoms with Crippen molar-refractivity contribution in [2.45, 2.75) is 33.2 Å². The Labute approximate surface area is 114 Å². The van der Waals surface area contributed by atoms with Gasteiger partial charge in [0.1, 0.15) is 0 Å². The summed E-state index contributed by atoms with van der Waals surface area (Å²) in [5, 5.41) is 11.8. The first kappa shape index (κ1) is 13.6. The molecule has 0 radical (unpaired) electrons. The van der Waals surface area contributed by atoms with Gasteiger partial charge in [0.2, 0.25) is 0 Å². The number of hydrogen-bond acceptors (Lipinski definition) is 4. The van der Waals surface area contributed by atoms with Crippen molar-refractivity contribution in [1.29, 1.82) is 0 Å². The van der Waals surface area contributed by atoms with Crippen molar-refractivity contribution in [1.82, 2.24) is 20.5 Å². The first-order valence-electron chi connectivity index (χ1n) is 6.63. The van der Waals surface area contributed by atoms with Crippen molar-refractivity contribution in [2.24, 2.45) is 0 Å². The third-order valence-corrected chi connectivity index (χ3v) is 3.13. The molecule has 2 aromatic heterocycles. The fourth-order valence-electron chi connectivity index (χ4n) is 2.22. The molecule has 0 amide bonds. The smallest absolute Gasteiger partial charge is 0.0648 e. The molecule has 0 aliphatic rings. The van der Waals surface area contributed by atoms with Crippen LogP contribution in [0.3, 0.4) is 0 Å². The van der Waals surface area contributed by atoms with E-state index in [9.17, 15) is 0 Å². The molecule has 2 aromatic rings. The van der Waals surface area contributed by atoms with Gasteiger partial charge in [0, 0.05) is 18.4 Å². The van der Waals surface area contributed by atoms with E-state index in [0.717, 1.165) is 24.4 Å². The van der Waals surface area contributed by atoms with E-state index in [2.05, 4.69) is 39.6 Å². The summed E-state index contributed by atoms with van der Waals surface area (Å²) in [6.07, 6.45) is 4.63. The Kier molecular flexibility index (Phi) is 4.58. The molecule has 2 heterocycles. The molecular weight excluding hydrogens is 236 g/mol. The maximum absolute atomic E-state index is 4.22. The first-order valence-corrected chi connectivity index (χ1v) is 6.63. The highest BCUT2D eigenvalue weighted by Gasteiger charge is 2.15. The normalized spacial score (nSPS) is 12.4. The molecule has 0 saturated heterocycles. The summed E-state index contributed by atoms with van der Waals surface area (Å²) < 4.78 is 0. The minimum Gasteiger partial charge on any atom is -0.310 e. The largest absolute Gasteiger partial charge is 0.310 e. The van der Waals surface area contributed by atoms with Gasteiger partial charge in [-0.05, 0) is 50.1 Å². The lowest BCUT2D eigenvalue weighted by atomic mass is 9.98. The Morgan fingerprint density at radius 2 is 2.11 bits per heavy atom. The molecule has 19 heavy (non-hydrogen) atoms. The van der Waals surface area contributed by atoms with Gasteiger partial charge in [-0.15, -0.1) is 0 Å². The molecule has 0 saturated carbocycles. The fourth-order valence-corrected chi connectivity index (χ4v) is 2.22. The quantitative estimate of drug-likeness (QED) is 0.892. The van der Waals surface area contributed by atoms with Gasteiger partial charge in [-0.1, -0.05) is 13.0 Å². The summed E-state index contributed by atoms with van der Waals surface area (Å²) in [6, 6.07) is 6.45. The van der Waals surface area contributed by atoms with Crippen molar-refractivity contribution in [2.75, 3.05) is 6.54 Å². The molecular formula is C15H20N4. The van der Waals surface area contributed by atoms with Crippen molar-refractivity contribution in [3.8, 4) is 0 Å². The summed E-state index contributed by atoms with van der Waals surface area (Å²) >= 11 is 0. The molecule has 0 bridgehead atoms. The second-order valence-corrected chi connectivity index (χ2v) is 4.70. The number of rotatable bonds is 5. The van der Waals surface area contributed by atoms with E-state index < -0.39 is 0 Å². The van der Waals surface area contributed by atoms with Crippen LogP contribution >= 0.6 is 0 Å². The van der Waals surface area contributed by atoms with Gasteiger partial charge in [0.25, 0.3) is 0 Å². The van der Waals surface area contributed by atoms with E-state index in [4.69, 9.17) is 0 Å². The summed E-state index contributed by atoms with van der Waals surface area (Å²) in [5.41, 5.74) is 4.38. The highest BCUT2D eigenvalue weighted by molar-refractivity contribution is 5.26. The number of aryl methyl sites for hydroxylation is 2. The third-order valence-electron chi connectivity index (χ3n) is 3.13. The lowest BCUT2D eigenvalue weighted by Crippen LogP contribution is -2.24. The third kappa shape index (κ3) is 3.58. The highest BCUT2D eigenvalue weighted by Crippen LogP contribution is 2.20. The molecule has 4 nitrogen and oxygen atoms in total. The van der Waals surface area contributed by atoms with Crippen LogP contribution in [0, 0.1) is 13.8 Å². The zero-order chi connectivity index (χ0) is 13.7. The zero-order valence-corrected chi connectivity index (χ0v) is 11.7. The Hall–Kier alpha value is -1.81. The summed E-state index contributed by atoms with van der Waals surface area (Å²) in [7, 11) is 0. The van der Waals surface area contributed by atoms with E-state index in [0.29, 0.717) is 0 Å². The molecule has 2 rings (SSSR count). The average molecular weight is 256 g/mol. The number of aromatic nitrogens is 3. The van der Waals surface area contributed by atoms with Crippen LogP contribution in [0.4, 0.5) is 0 Å². The van der Waals surface area contributed by atoms with Crippen LogP contribution in [0.15, 0.2) is 30.6 Å². The minimum absolute atomic E-state index is 0.253. The van der Waals surface area contributed by atoms with E-state index in [1.54, 1.807) is 6.20 Å². The SMILES string of the molecule is CCNC(Cc1cccnc1)c1cc(C)nnc1C. The van der Waals surface area contributed by atoms with Crippen molar-refractivity contribution in [3.05, 3.63) is 53.1 Å². The molecule has 0 spiro atoms. The first-order chi connectivity index (χ1) is 9.20. The molecule has 0 fully saturated rings. The van der Waals surface area contributed by atoms with Crippen LogP contribution in [0.1, 0.15) is 35.5 Å². The molecule has 4 heteroatoms. The summed E-state index contributed by atoms with van der Waals surface area (Å²) in [4.78, 5) is 4.18. The van der Waals surface area contributed by atoms with E-state index in [-0.39, 0.29) is 6.04 Å². The van der Waals surface area contributed by atoms with Gasteiger partial charge >= 0.3 is 0 Å². The lowest BCUT2D eigenvalue weighted by Gasteiger charge is -2.20. The Morgan fingerprint density at radius 1 is 1.26 bits per heavy atom. The van der Waals surface area contributed by atoms with Crippen LogP contribution in [-0.2, 0) is 6.42 Å². The number of nitrogens with one attached hydrogen (secondary N) is 1. The molecule has 0 aliphatic heterocycles. The van der Waals surface area contributed by atoms with Gasteiger partial charge in [0.05, 0.1) is 11.4 Å².